The molecule has 1 saturated heterocycles. The molecule has 0 aromatic carbocycles. The quantitative estimate of drug-likeness (QED) is 0.346. The number of aliphatic hydroxyl groups excluding tert-OH is 4. The number of allylic oxidation sites excluding steroid dienone is 1. The van der Waals surface area contributed by atoms with Gasteiger partial charge in [0, 0.05) is 7.11 Å². The SMILES string of the molecule is CO[C@]12CC[C@@H]3[C@@](C=C1C)(CC[C@H]1[C@@]3(C)CCC[C@@]1(C)C(=O)OC1OC(CO)C(O)C(O)C1O)C2. The summed E-state index contributed by atoms with van der Waals surface area (Å²) in [6.45, 7) is 6.00. The Bertz CT molecular complexity index is 888. The molecule has 35 heavy (non-hydrogen) atoms. The molecule has 0 aromatic heterocycles. The Hall–Kier alpha value is -1.03. The van der Waals surface area contributed by atoms with Crippen molar-refractivity contribution in [3.05, 3.63) is 11.6 Å². The standard InChI is InChI=1S/C27H42O8/c1-15-12-26-10-6-17-24(2,18(26)7-11-27(15,14-26)33-4)8-5-9-25(17,3)23(32)35-22-21(31)20(30)19(29)16(13-28)34-22/h12,16-22,28-31H,5-11,13-14H2,1-4H3/t16?,17-,18-,19?,20?,21?,22?,24+,25+,26+,27-/m0/s1. The molecule has 1 aliphatic heterocycles. The molecule has 0 radical (unpaired) electrons. The largest absolute Gasteiger partial charge is 0.432 e. The zero-order valence-corrected chi connectivity index (χ0v) is 21.4. The average molecular weight is 495 g/mol. The monoisotopic (exact) mass is 494 g/mol. The highest BCUT2D eigenvalue weighted by atomic mass is 16.7. The first-order valence-electron chi connectivity index (χ1n) is 13.2. The van der Waals surface area contributed by atoms with Crippen molar-refractivity contribution in [2.75, 3.05) is 13.7 Å². The Morgan fingerprint density at radius 1 is 1.06 bits per heavy atom. The van der Waals surface area contributed by atoms with Gasteiger partial charge in [-0.25, -0.2) is 0 Å². The van der Waals surface area contributed by atoms with Gasteiger partial charge >= 0.3 is 5.97 Å². The fourth-order valence-corrected chi connectivity index (χ4v) is 9.16. The first kappa shape index (κ1) is 25.6. The van der Waals surface area contributed by atoms with Crippen molar-refractivity contribution >= 4 is 5.97 Å². The lowest BCUT2D eigenvalue weighted by molar-refractivity contribution is -0.298. The minimum absolute atomic E-state index is 0.0271. The summed E-state index contributed by atoms with van der Waals surface area (Å²) < 4.78 is 17.3. The summed E-state index contributed by atoms with van der Waals surface area (Å²) >= 11 is 0. The molecule has 1 spiro atoms. The second kappa shape index (κ2) is 8.50. The van der Waals surface area contributed by atoms with Crippen molar-refractivity contribution in [2.45, 2.75) is 108 Å². The number of esters is 1. The van der Waals surface area contributed by atoms with Crippen LogP contribution in [0.25, 0.3) is 0 Å². The van der Waals surface area contributed by atoms with Crippen LogP contribution in [0.1, 0.15) is 72.1 Å². The summed E-state index contributed by atoms with van der Waals surface area (Å²) in [6, 6.07) is 0. The maximum atomic E-state index is 13.7. The van der Waals surface area contributed by atoms with E-state index < -0.39 is 48.7 Å². The molecule has 8 nitrogen and oxygen atoms in total. The molecule has 0 amide bonds. The molecule has 4 fully saturated rings. The number of carbonyl (C=O) groups is 1. The number of methoxy groups -OCH3 is 1. The molecule has 8 heteroatoms. The summed E-state index contributed by atoms with van der Waals surface area (Å²) in [7, 11) is 1.83. The van der Waals surface area contributed by atoms with E-state index in [-0.39, 0.29) is 22.3 Å². The molecule has 1 heterocycles. The highest BCUT2D eigenvalue weighted by molar-refractivity contribution is 5.77. The normalized spacial score (nSPS) is 53.4. The summed E-state index contributed by atoms with van der Waals surface area (Å²) in [5, 5.41) is 40.1. The lowest BCUT2D eigenvalue weighted by Crippen LogP contribution is -2.62. The van der Waals surface area contributed by atoms with Crippen LogP contribution >= 0.6 is 0 Å². The Morgan fingerprint density at radius 3 is 2.46 bits per heavy atom. The zero-order chi connectivity index (χ0) is 25.4. The van der Waals surface area contributed by atoms with Crippen LogP contribution in [0.2, 0.25) is 0 Å². The molecule has 3 saturated carbocycles. The fourth-order valence-electron chi connectivity index (χ4n) is 9.16. The molecule has 198 valence electrons. The third-order valence-corrected chi connectivity index (χ3v) is 11.0. The maximum absolute atomic E-state index is 13.7. The summed E-state index contributed by atoms with van der Waals surface area (Å²) in [6.07, 6.45) is 3.03. The molecular formula is C27H42O8. The molecule has 4 N–H and O–H groups in total. The smallest absolute Gasteiger partial charge is 0.314 e. The third kappa shape index (κ3) is 3.51. The van der Waals surface area contributed by atoms with Crippen LogP contribution in [-0.2, 0) is 19.0 Å². The van der Waals surface area contributed by atoms with Gasteiger partial charge in [0.2, 0.25) is 6.29 Å². The van der Waals surface area contributed by atoms with E-state index in [9.17, 15) is 25.2 Å². The van der Waals surface area contributed by atoms with E-state index in [1.54, 1.807) is 0 Å². The molecule has 11 atom stereocenters. The number of ether oxygens (including phenoxy) is 3. The van der Waals surface area contributed by atoms with Crippen LogP contribution in [0.4, 0.5) is 0 Å². The Balaban J connectivity index is 1.39. The van der Waals surface area contributed by atoms with Gasteiger partial charge in [-0.15, -0.1) is 0 Å². The molecule has 5 unspecified atom stereocenters. The number of rotatable bonds is 4. The predicted octanol–water partition coefficient (Wildman–Crippen LogP) is 2.07. The summed E-state index contributed by atoms with van der Waals surface area (Å²) in [5.41, 5.74) is 0.550. The Labute approximate surface area is 207 Å². The van der Waals surface area contributed by atoms with Crippen molar-refractivity contribution in [1.82, 2.24) is 0 Å². The van der Waals surface area contributed by atoms with Gasteiger partial charge in [-0.2, -0.15) is 0 Å². The van der Waals surface area contributed by atoms with Crippen LogP contribution in [0.15, 0.2) is 11.6 Å². The predicted molar refractivity (Wildman–Crippen MR) is 126 cm³/mol. The summed E-state index contributed by atoms with van der Waals surface area (Å²) in [5.74, 6) is 0.157. The molecule has 4 aliphatic carbocycles. The van der Waals surface area contributed by atoms with E-state index in [2.05, 4.69) is 19.9 Å². The number of fused-ring (bicyclic) bond motifs is 3. The second-order valence-electron chi connectivity index (χ2n) is 12.5. The minimum Gasteiger partial charge on any atom is -0.432 e. The molecule has 0 aromatic rings. The molecule has 2 bridgehead atoms. The van der Waals surface area contributed by atoms with E-state index in [1.165, 1.54) is 5.57 Å². The van der Waals surface area contributed by atoms with Crippen molar-refractivity contribution < 1.29 is 39.4 Å². The van der Waals surface area contributed by atoms with E-state index in [1.807, 2.05) is 14.0 Å². The van der Waals surface area contributed by atoms with Gasteiger partial charge in [0.05, 0.1) is 17.6 Å². The number of hydrogen-bond donors (Lipinski definition) is 4. The number of hydrogen-bond acceptors (Lipinski definition) is 8. The second-order valence-corrected chi connectivity index (χ2v) is 12.5. The zero-order valence-electron chi connectivity index (χ0n) is 21.4. The van der Waals surface area contributed by atoms with Crippen LogP contribution in [0.3, 0.4) is 0 Å². The van der Waals surface area contributed by atoms with Crippen LogP contribution in [-0.4, -0.2) is 76.4 Å². The van der Waals surface area contributed by atoms with Crippen molar-refractivity contribution in [1.29, 1.82) is 0 Å². The number of aliphatic hydroxyl groups is 4. The Kier molecular flexibility index (Phi) is 6.22. The van der Waals surface area contributed by atoms with Crippen molar-refractivity contribution in [3.63, 3.8) is 0 Å². The third-order valence-electron chi connectivity index (χ3n) is 11.0. The molecule has 5 rings (SSSR count). The first-order valence-corrected chi connectivity index (χ1v) is 13.2. The fraction of sp³-hybridized carbons (Fsp3) is 0.889. The maximum Gasteiger partial charge on any atom is 0.314 e. The highest BCUT2D eigenvalue weighted by Gasteiger charge is 2.67. The van der Waals surface area contributed by atoms with Crippen LogP contribution < -0.4 is 0 Å². The lowest BCUT2D eigenvalue weighted by atomic mass is 9.40. The van der Waals surface area contributed by atoms with Crippen molar-refractivity contribution in [2.24, 2.45) is 28.1 Å². The van der Waals surface area contributed by atoms with Gasteiger partial charge in [0.25, 0.3) is 0 Å². The summed E-state index contributed by atoms with van der Waals surface area (Å²) in [4.78, 5) is 13.7. The van der Waals surface area contributed by atoms with E-state index in [0.29, 0.717) is 12.3 Å². The molecule has 5 aliphatic rings. The van der Waals surface area contributed by atoms with Crippen molar-refractivity contribution in [3.8, 4) is 0 Å². The molecular weight excluding hydrogens is 452 g/mol. The van der Waals surface area contributed by atoms with Gasteiger partial charge in [0.15, 0.2) is 0 Å². The van der Waals surface area contributed by atoms with Gasteiger partial charge < -0.3 is 34.6 Å². The van der Waals surface area contributed by atoms with Gasteiger partial charge in [-0.05, 0) is 87.0 Å². The van der Waals surface area contributed by atoms with Gasteiger partial charge in [-0.1, -0.05) is 19.4 Å². The van der Waals surface area contributed by atoms with E-state index >= 15 is 0 Å². The van der Waals surface area contributed by atoms with E-state index in [0.717, 1.165) is 44.9 Å². The van der Waals surface area contributed by atoms with Crippen LogP contribution in [0, 0.1) is 28.1 Å². The highest BCUT2D eigenvalue weighted by Crippen LogP contribution is 2.71. The Morgan fingerprint density at radius 2 is 1.77 bits per heavy atom. The van der Waals surface area contributed by atoms with Crippen LogP contribution in [0.5, 0.6) is 0 Å². The lowest BCUT2D eigenvalue weighted by Gasteiger charge is -2.64. The topological polar surface area (TPSA) is 126 Å². The minimum atomic E-state index is -1.59. The van der Waals surface area contributed by atoms with Gasteiger partial charge in [-0.3, -0.25) is 4.79 Å². The number of carbonyl (C=O) groups excluding carboxylic acids is 1. The van der Waals surface area contributed by atoms with Gasteiger partial charge in [0.1, 0.15) is 24.4 Å². The average Bonchev–Trinajstić information content (AvgIpc) is 3.03. The van der Waals surface area contributed by atoms with E-state index in [4.69, 9.17) is 14.2 Å². The first-order chi connectivity index (χ1) is 16.5.